The summed E-state index contributed by atoms with van der Waals surface area (Å²) in [6.07, 6.45) is 1.14. The Bertz CT molecular complexity index is 606. The molecule has 0 saturated carbocycles. The van der Waals surface area contributed by atoms with E-state index in [1.807, 2.05) is 0 Å². The molecule has 4 rings (SSSR count). The first-order valence-electron chi connectivity index (χ1n) is 7.06. The van der Waals surface area contributed by atoms with Crippen LogP contribution in [0.25, 0.3) is 0 Å². The monoisotopic (exact) mass is 250 g/mol. The van der Waals surface area contributed by atoms with E-state index in [0.717, 1.165) is 19.5 Å². The van der Waals surface area contributed by atoms with Gasteiger partial charge in [-0.2, -0.15) is 0 Å². The van der Waals surface area contributed by atoms with Gasteiger partial charge in [0.05, 0.1) is 12.1 Å². The van der Waals surface area contributed by atoms with Gasteiger partial charge in [-0.25, -0.2) is 0 Å². The lowest BCUT2D eigenvalue weighted by atomic mass is 9.87. The van der Waals surface area contributed by atoms with Crippen LogP contribution >= 0.6 is 0 Å². The Morgan fingerprint density at radius 2 is 1.37 bits per heavy atom. The summed E-state index contributed by atoms with van der Waals surface area (Å²) in [4.78, 5) is 0. The van der Waals surface area contributed by atoms with Gasteiger partial charge in [0.1, 0.15) is 0 Å². The quantitative estimate of drug-likeness (QED) is 0.813. The minimum absolute atomic E-state index is 0.397. The normalized spacial score (nSPS) is 24.8. The van der Waals surface area contributed by atoms with Crippen molar-refractivity contribution in [2.75, 3.05) is 6.54 Å². The maximum absolute atomic E-state index is 3.70. The van der Waals surface area contributed by atoms with Gasteiger partial charge in [0.25, 0.3) is 0 Å². The van der Waals surface area contributed by atoms with E-state index in [9.17, 15) is 0 Å². The van der Waals surface area contributed by atoms with Crippen LogP contribution in [0.15, 0.2) is 48.5 Å². The molecule has 0 fully saturated rings. The molecule has 0 spiro atoms. The molecule has 2 atom stereocenters. The zero-order valence-corrected chi connectivity index (χ0v) is 10.9. The Labute approximate surface area is 113 Å². The molecule has 2 unspecified atom stereocenters. The molecule has 0 radical (unpaired) electrons. The number of rotatable bonds is 1. The Hall–Kier alpha value is -1.64. The molecule has 2 aliphatic heterocycles. The van der Waals surface area contributed by atoms with Crippen LogP contribution in [-0.2, 0) is 13.0 Å². The fraction of sp³-hybridized carbons (Fsp3) is 0.294. The zero-order chi connectivity index (χ0) is 12.7. The van der Waals surface area contributed by atoms with Crippen molar-refractivity contribution in [2.45, 2.75) is 25.0 Å². The lowest BCUT2D eigenvalue weighted by Crippen LogP contribution is -2.37. The second kappa shape index (κ2) is 4.48. The maximum Gasteiger partial charge on any atom is 0.0524 e. The van der Waals surface area contributed by atoms with E-state index in [2.05, 4.69) is 59.2 Å². The smallest absolute Gasteiger partial charge is 0.0524 e. The number of fused-ring (bicyclic) bond motifs is 2. The van der Waals surface area contributed by atoms with Gasteiger partial charge in [-0.15, -0.1) is 0 Å². The van der Waals surface area contributed by atoms with E-state index in [1.54, 1.807) is 0 Å². The summed E-state index contributed by atoms with van der Waals surface area (Å²) in [5.41, 5.74) is 5.86. The molecule has 2 heteroatoms. The van der Waals surface area contributed by atoms with Crippen LogP contribution in [0.3, 0.4) is 0 Å². The summed E-state index contributed by atoms with van der Waals surface area (Å²) in [6, 6.07) is 18.4. The fourth-order valence-electron chi connectivity index (χ4n) is 3.46. The molecule has 0 bridgehead atoms. The van der Waals surface area contributed by atoms with Gasteiger partial charge in [0.2, 0.25) is 0 Å². The molecule has 96 valence electrons. The standard InChI is InChI=1S/C17H18N2/c1-3-7-14-12(5-1)9-10-18-16(14)17-15-8-4-2-6-13(15)11-19-17/h1-8,16-19H,9-11H2. The van der Waals surface area contributed by atoms with Crippen LogP contribution in [0.5, 0.6) is 0 Å². The summed E-state index contributed by atoms with van der Waals surface area (Å²) in [6.45, 7) is 2.06. The second-order valence-electron chi connectivity index (χ2n) is 5.44. The summed E-state index contributed by atoms with van der Waals surface area (Å²) >= 11 is 0. The molecule has 2 aliphatic rings. The van der Waals surface area contributed by atoms with Crippen molar-refractivity contribution in [1.82, 2.24) is 10.6 Å². The highest BCUT2D eigenvalue weighted by Gasteiger charge is 2.32. The minimum Gasteiger partial charge on any atom is -0.308 e. The lowest BCUT2D eigenvalue weighted by molar-refractivity contribution is 0.390. The average molecular weight is 250 g/mol. The Morgan fingerprint density at radius 1 is 0.737 bits per heavy atom. The van der Waals surface area contributed by atoms with Crippen LogP contribution in [0, 0.1) is 0 Å². The summed E-state index contributed by atoms with van der Waals surface area (Å²) in [5.74, 6) is 0. The zero-order valence-electron chi connectivity index (χ0n) is 10.9. The van der Waals surface area contributed by atoms with E-state index in [0.29, 0.717) is 12.1 Å². The third kappa shape index (κ3) is 1.79. The van der Waals surface area contributed by atoms with E-state index in [4.69, 9.17) is 0 Å². The molecule has 2 aromatic carbocycles. The van der Waals surface area contributed by atoms with Gasteiger partial charge in [0.15, 0.2) is 0 Å². The van der Waals surface area contributed by atoms with Crippen LogP contribution in [0.4, 0.5) is 0 Å². The predicted molar refractivity (Wildman–Crippen MR) is 76.9 cm³/mol. The molecule has 19 heavy (non-hydrogen) atoms. The molecule has 2 N–H and O–H groups in total. The third-order valence-corrected chi connectivity index (χ3v) is 4.38. The first kappa shape index (κ1) is 11.2. The molecule has 0 saturated heterocycles. The molecule has 0 amide bonds. The van der Waals surface area contributed by atoms with Gasteiger partial charge in [-0.1, -0.05) is 48.5 Å². The van der Waals surface area contributed by atoms with Crippen LogP contribution in [-0.4, -0.2) is 6.54 Å². The number of hydrogen-bond donors (Lipinski definition) is 2. The van der Waals surface area contributed by atoms with E-state index >= 15 is 0 Å². The first-order chi connectivity index (χ1) is 9.43. The van der Waals surface area contributed by atoms with E-state index in [-0.39, 0.29) is 0 Å². The van der Waals surface area contributed by atoms with E-state index in [1.165, 1.54) is 22.3 Å². The van der Waals surface area contributed by atoms with Crippen molar-refractivity contribution in [3.05, 3.63) is 70.8 Å². The van der Waals surface area contributed by atoms with Gasteiger partial charge in [0, 0.05) is 6.54 Å². The summed E-state index contributed by atoms with van der Waals surface area (Å²) in [5, 5.41) is 7.37. The SMILES string of the molecule is c1ccc2c(c1)CCNC2C1NCc2ccccc21. The van der Waals surface area contributed by atoms with Crippen LogP contribution in [0.1, 0.15) is 34.3 Å². The Kier molecular flexibility index (Phi) is 2.64. The van der Waals surface area contributed by atoms with Crippen LogP contribution < -0.4 is 10.6 Å². The van der Waals surface area contributed by atoms with Crippen molar-refractivity contribution in [2.24, 2.45) is 0 Å². The van der Waals surface area contributed by atoms with Crippen molar-refractivity contribution in [1.29, 1.82) is 0 Å². The van der Waals surface area contributed by atoms with E-state index < -0.39 is 0 Å². The molecule has 0 aromatic heterocycles. The second-order valence-corrected chi connectivity index (χ2v) is 5.44. The largest absolute Gasteiger partial charge is 0.308 e. The van der Waals surface area contributed by atoms with Crippen molar-refractivity contribution in [3.63, 3.8) is 0 Å². The molecule has 2 heterocycles. The van der Waals surface area contributed by atoms with Crippen molar-refractivity contribution >= 4 is 0 Å². The van der Waals surface area contributed by atoms with Crippen molar-refractivity contribution < 1.29 is 0 Å². The van der Waals surface area contributed by atoms with Gasteiger partial charge in [-0.3, -0.25) is 0 Å². The number of nitrogens with one attached hydrogen (secondary N) is 2. The molecular formula is C17H18N2. The molecule has 0 aliphatic carbocycles. The average Bonchev–Trinajstić information content (AvgIpc) is 2.90. The fourth-order valence-corrected chi connectivity index (χ4v) is 3.46. The maximum atomic E-state index is 3.70. The Morgan fingerprint density at radius 3 is 2.21 bits per heavy atom. The summed E-state index contributed by atoms with van der Waals surface area (Å²) in [7, 11) is 0. The van der Waals surface area contributed by atoms with Crippen LogP contribution in [0.2, 0.25) is 0 Å². The third-order valence-electron chi connectivity index (χ3n) is 4.38. The highest BCUT2D eigenvalue weighted by molar-refractivity contribution is 5.40. The number of benzene rings is 2. The highest BCUT2D eigenvalue weighted by atomic mass is 15.0. The molecular weight excluding hydrogens is 232 g/mol. The summed E-state index contributed by atoms with van der Waals surface area (Å²) < 4.78 is 0. The van der Waals surface area contributed by atoms with Crippen molar-refractivity contribution in [3.8, 4) is 0 Å². The topological polar surface area (TPSA) is 24.1 Å². The first-order valence-corrected chi connectivity index (χ1v) is 7.06. The Balaban J connectivity index is 1.76. The van der Waals surface area contributed by atoms with Gasteiger partial charge < -0.3 is 10.6 Å². The van der Waals surface area contributed by atoms with Gasteiger partial charge in [-0.05, 0) is 35.2 Å². The molecule has 2 nitrogen and oxygen atoms in total. The number of hydrogen-bond acceptors (Lipinski definition) is 2. The highest BCUT2D eigenvalue weighted by Crippen LogP contribution is 2.37. The van der Waals surface area contributed by atoms with Gasteiger partial charge >= 0.3 is 0 Å². The molecule has 2 aromatic rings. The predicted octanol–water partition coefficient (Wildman–Crippen LogP) is 2.72. The lowest BCUT2D eigenvalue weighted by Gasteiger charge is -2.32. The minimum atomic E-state index is 0.397.